The highest BCUT2D eigenvalue weighted by Gasteiger charge is 2.39. The second kappa shape index (κ2) is 6.57. The summed E-state index contributed by atoms with van der Waals surface area (Å²) in [6.45, 7) is 6.23. The van der Waals surface area contributed by atoms with E-state index in [1.807, 2.05) is 9.80 Å². The normalized spacial score (nSPS) is 27.5. The summed E-state index contributed by atoms with van der Waals surface area (Å²) in [6.07, 6.45) is 4.26. The van der Waals surface area contributed by atoms with Crippen LogP contribution < -0.4 is 5.73 Å². The molecule has 0 aromatic rings. The van der Waals surface area contributed by atoms with Crippen molar-refractivity contribution in [3.8, 4) is 0 Å². The molecule has 2 atom stereocenters. The standard InChI is InChI=1S/C15H27N3O2/c1-3-13(4-2)18-9-11(8-14(18)19)15(20)17-7-5-6-12(16)10-17/h11-13H,3-10,16H2,1-2H3. The van der Waals surface area contributed by atoms with Gasteiger partial charge in [-0.1, -0.05) is 13.8 Å². The highest BCUT2D eigenvalue weighted by molar-refractivity contribution is 5.89. The fourth-order valence-corrected chi connectivity index (χ4v) is 3.45. The second-order valence-electron chi connectivity index (χ2n) is 6.10. The molecule has 5 heteroatoms. The van der Waals surface area contributed by atoms with Crippen LogP contribution in [0.3, 0.4) is 0 Å². The van der Waals surface area contributed by atoms with Gasteiger partial charge in [0, 0.05) is 38.1 Å². The Hall–Kier alpha value is -1.10. The van der Waals surface area contributed by atoms with Gasteiger partial charge in [0.25, 0.3) is 0 Å². The lowest BCUT2D eigenvalue weighted by atomic mass is 10.0. The fraction of sp³-hybridized carbons (Fsp3) is 0.867. The van der Waals surface area contributed by atoms with Gasteiger partial charge in [0.15, 0.2) is 0 Å². The molecule has 0 aromatic heterocycles. The van der Waals surface area contributed by atoms with Crippen LogP contribution in [0.15, 0.2) is 0 Å². The Labute approximate surface area is 121 Å². The number of nitrogens with two attached hydrogens (primary N) is 1. The van der Waals surface area contributed by atoms with E-state index in [0.717, 1.165) is 32.2 Å². The minimum Gasteiger partial charge on any atom is -0.341 e. The number of carbonyl (C=O) groups is 2. The third kappa shape index (κ3) is 3.14. The van der Waals surface area contributed by atoms with Crippen LogP contribution in [0.5, 0.6) is 0 Å². The highest BCUT2D eigenvalue weighted by atomic mass is 16.2. The first kappa shape index (κ1) is 15.3. The largest absolute Gasteiger partial charge is 0.341 e. The number of likely N-dealkylation sites (tertiary alicyclic amines) is 2. The van der Waals surface area contributed by atoms with Crippen molar-refractivity contribution in [1.29, 1.82) is 0 Å². The zero-order valence-electron chi connectivity index (χ0n) is 12.7. The molecule has 2 saturated heterocycles. The number of nitrogens with zero attached hydrogens (tertiary/aromatic N) is 2. The molecule has 2 rings (SSSR count). The Balaban J connectivity index is 1.97. The Kier molecular flexibility index (Phi) is 5.02. The van der Waals surface area contributed by atoms with Crippen molar-refractivity contribution in [2.75, 3.05) is 19.6 Å². The van der Waals surface area contributed by atoms with Gasteiger partial charge in [-0.25, -0.2) is 0 Å². The van der Waals surface area contributed by atoms with Gasteiger partial charge >= 0.3 is 0 Å². The molecule has 5 nitrogen and oxygen atoms in total. The molecule has 0 aliphatic carbocycles. The molecule has 2 heterocycles. The number of hydrogen-bond donors (Lipinski definition) is 1. The molecule has 0 bridgehead atoms. The molecular formula is C15H27N3O2. The van der Waals surface area contributed by atoms with E-state index >= 15 is 0 Å². The molecule has 2 aliphatic heterocycles. The Morgan fingerprint density at radius 2 is 2.05 bits per heavy atom. The van der Waals surface area contributed by atoms with Crippen molar-refractivity contribution in [3.05, 3.63) is 0 Å². The first-order valence-electron chi connectivity index (χ1n) is 7.90. The van der Waals surface area contributed by atoms with Gasteiger partial charge in [0.1, 0.15) is 0 Å². The maximum atomic E-state index is 12.5. The van der Waals surface area contributed by atoms with Crippen LogP contribution in [0.4, 0.5) is 0 Å². The van der Waals surface area contributed by atoms with E-state index in [0.29, 0.717) is 19.5 Å². The van der Waals surface area contributed by atoms with Crippen LogP contribution in [0.1, 0.15) is 46.0 Å². The summed E-state index contributed by atoms with van der Waals surface area (Å²) in [5.74, 6) is 0.105. The Bertz CT molecular complexity index is 368. The fourth-order valence-electron chi connectivity index (χ4n) is 3.45. The molecule has 0 radical (unpaired) electrons. The smallest absolute Gasteiger partial charge is 0.228 e. The van der Waals surface area contributed by atoms with Gasteiger partial charge in [0.05, 0.1) is 5.92 Å². The zero-order valence-corrected chi connectivity index (χ0v) is 12.7. The molecule has 2 amide bonds. The molecule has 0 aromatic carbocycles. The van der Waals surface area contributed by atoms with E-state index in [2.05, 4.69) is 13.8 Å². The average Bonchev–Trinajstić information content (AvgIpc) is 2.82. The zero-order chi connectivity index (χ0) is 14.7. The van der Waals surface area contributed by atoms with Crippen molar-refractivity contribution in [3.63, 3.8) is 0 Å². The van der Waals surface area contributed by atoms with E-state index in [1.54, 1.807) is 0 Å². The van der Waals surface area contributed by atoms with Crippen LogP contribution in [0.2, 0.25) is 0 Å². The first-order valence-corrected chi connectivity index (χ1v) is 7.90. The lowest BCUT2D eigenvalue weighted by molar-refractivity contribution is -0.137. The SMILES string of the molecule is CCC(CC)N1CC(C(=O)N2CCCC(N)C2)CC1=O. The summed E-state index contributed by atoms with van der Waals surface area (Å²) < 4.78 is 0. The van der Waals surface area contributed by atoms with E-state index in [1.165, 1.54) is 0 Å². The summed E-state index contributed by atoms with van der Waals surface area (Å²) in [4.78, 5) is 28.4. The van der Waals surface area contributed by atoms with Crippen molar-refractivity contribution in [1.82, 2.24) is 9.80 Å². The van der Waals surface area contributed by atoms with E-state index in [-0.39, 0.29) is 29.8 Å². The van der Waals surface area contributed by atoms with Gasteiger partial charge in [-0.2, -0.15) is 0 Å². The summed E-state index contributed by atoms with van der Waals surface area (Å²) in [5, 5.41) is 0. The minimum absolute atomic E-state index is 0.0972. The molecular weight excluding hydrogens is 254 g/mol. The van der Waals surface area contributed by atoms with Crippen LogP contribution in [0, 0.1) is 5.92 Å². The van der Waals surface area contributed by atoms with Gasteiger partial charge < -0.3 is 15.5 Å². The topological polar surface area (TPSA) is 66.6 Å². The van der Waals surface area contributed by atoms with E-state index in [9.17, 15) is 9.59 Å². The van der Waals surface area contributed by atoms with Crippen molar-refractivity contribution < 1.29 is 9.59 Å². The quantitative estimate of drug-likeness (QED) is 0.835. The first-order chi connectivity index (χ1) is 9.56. The monoisotopic (exact) mass is 281 g/mol. The molecule has 0 spiro atoms. The predicted molar refractivity (Wildman–Crippen MR) is 78.0 cm³/mol. The third-order valence-corrected chi connectivity index (χ3v) is 4.66. The predicted octanol–water partition coefficient (Wildman–Crippen LogP) is 0.973. The van der Waals surface area contributed by atoms with Crippen LogP contribution in [-0.2, 0) is 9.59 Å². The average molecular weight is 281 g/mol. The number of piperidine rings is 1. The number of rotatable bonds is 4. The lowest BCUT2D eigenvalue weighted by Crippen LogP contribution is -2.48. The molecule has 2 unspecified atom stereocenters. The Morgan fingerprint density at radius 3 is 2.65 bits per heavy atom. The summed E-state index contributed by atoms with van der Waals surface area (Å²) in [6, 6.07) is 0.379. The summed E-state index contributed by atoms with van der Waals surface area (Å²) in [5.41, 5.74) is 5.94. The Morgan fingerprint density at radius 1 is 1.35 bits per heavy atom. The molecule has 0 saturated carbocycles. The molecule has 2 N–H and O–H groups in total. The molecule has 114 valence electrons. The van der Waals surface area contributed by atoms with Gasteiger partial charge in [-0.3, -0.25) is 9.59 Å². The molecule has 20 heavy (non-hydrogen) atoms. The van der Waals surface area contributed by atoms with Crippen molar-refractivity contribution in [2.45, 2.75) is 58.0 Å². The van der Waals surface area contributed by atoms with E-state index < -0.39 is 0 Å². The number of hydrogen-bond acceptors (Lipinski definition) is 3. The minimum atomic E-state index is -0.159. The van der Waals surface area contributed by atoms with E-state index in [4.69, 9.17) is 5.73 Å². The number of carbonyl (C=O) groups excluding carboxylic acids is 2. The summed E-state index contributed by atoms with van der Waals surface area (Å²) >= 11 is 0. The van der Waals surface area contributed by atoms with Gasteiger partial charge in [0.2, 0.25) is 11.8 Å². The molecule has 2 aliphatic rings. The number of amides is 2. The maximum Gasteiger partial charge on any atom is 0.228 e. The van der Waals surface area contributed by atoms with Crippen LogP contribution >= 0.6 is 0 Å². The molecule has 2 fully saturated rings. The second-order valence-corrected chi connectivity index (χ2v) is 6.10. The van der Waals surface area contributed by atoms with Gasteiger partial charge in [-0.15, -0.1) is 0 Å². The highest BCUT2D eigenvalue weighted by Crippen LogP contribution is 2.25. The van der Waals surface area contributed by atoms with Crippen molar-refractivity contribution in [2.24, 2.45) is 11.7 Å². The summed E-state index contributed by atoms with van der Waals surface area (Å²) in [7, 11) is 0. The van der Waals surface area contributed by atoms with Gasteiger partial charge in [-0.05, 0) is 25.7 Å². The van der Waals surface area contributed by atoms with Crippen molar-refractivity contribution >= 4 is 11.8 Å². The van der Waals surface area contributed by atoms with Crippen LogP contribution in [-0.4, -0.2) is 53.3 Å². The third-order valence-electron chi connectivity index (χ3n) is 4.66. The lowest BCUT2D eigenvalue weighted by Gasteiger charge is -2.33. The maximum absolute atomic E-state index is 12.5. The van der Waals surface area contributed by atoms with Crippen LogP contribution in [0.25, 0.3) is 0 Å².